The Morgan fingerprint density at radius 3 is 2.72 bits per heavy atom. The second-order valence-electron chi connectivity index (χ2n) is 8.70. The van der Waals surface area contributed by atoms with Gasteiger partial charge in [0.2, 0.25) is 5.88 Å². The number of amides is 1. The van der Waals surface area contributed by atoms with Gasteiger partial charge in [-0.05, 0) is 46.8 Å². The summed E-state index contributed by atoms with van der Waals surface area (Å²) in [6.07, 6.45) is 6.45. The van der Waals surface area contributed by atoms with Crippen LogP contribution < -0.4 is 10.5 Å². The maximum Gasteiger partial charge on any atom is 0.410 e. The fourth-order valence-electron chi connectivity index (χ4n) is 3.39. The number of imidazole rings is 1. The normalized spacial score (nSPS) is 12.6. The van der Waals surface area contributed by atoms with Crippen LogP contribution in [0.5, 0.6) is 5.88 Å². The lowest BCUT2D eigenvalue weighted by atomic mass is 10.1. The van der Waals surface area contributed by atoms with Gasteiger partial charge in [-0.3, -0.25) is 4.40 Å². The molecule has 0 radical (unpaired) electrons. The minimum Gasteiger partial charge on any atom is -0.472 e. The standard InChI is InChI=1S/C23H32N6O3/c1-8-17-11-25-20-19(24)10-16(14-29(17)20)18-12-26-27(7)21(18)31-15(3)13-28(9-2)22(30)32-23(4,5)6/h8,10-12,14-15H,1,9,13,24H2,2-7H3. The molecule has 172 valence electrons. The highest BCUT2D eigenvalue weighted by Gasteiger charge is 2.24. The van der Waals surface area contributed by atoms with E-state index in [0.717, 1.165) is 16.8 Å². The summed E-state index contributed by atoms with van der Waals surface area (Å²) in [5.41, 5.74) is 9.36. The summed E-state index contributed by atoms with van der Waals surface area (Å²) in [7, 11) is 1.81. The first-order valence-corrected chi connectivity index (χ1v) is 10.6. The number of hydrogen-bond acceptors (Lipinski definition) is 6. The Labute approximate surface area is 188 Å². The first-order valence-electron chi connectivity index (χ1n) is 10.6. The maximum absolute atomic E-state index is 12.5. The number of anilines is 1. The minimum absolute atomic E-state index is 0.297. The Bertz CT molecular complexity index is 1120. The lowest BCUT2D eigenvalue weighted by Gasteiger charge is -2.28. The van der Waals surface area contributed by atoms with Gasteiger partial charge in [0, 0.05) is 25.4 Å². The van der Waals surface area contributed by atoms with Crippen LogP contribution in [0.4, 0.5) is 10.5 Å². The number of likely N-dealkylation sites (N-methyl/N-ethyl adjacent to an activating group) is 1. The fourth-order valence-corrected chi connectivity index (χ4v) is 3.39. The van der Waals surface area contributed by atoms with Crippen molar-refractivity contribution in [3.8, 4) is 17.0 Å². The molecule has 0 spiro atoms. The zero-order chi connectivity index (χ0) is 23.6. The van der Waals surface area contributed by atoms with E-state index in [1.54, 1.807) is 28.1 Å². The summed E-state index contributed by atoms with van der Waals surface area (Å²) in [4.78, 5) is 18.5. The van der Waals surface area contributed by atoms with Gasteiger partial charge in [-0.1, -0.05) is 6.58 Å². The molecule has 9 nitrogen and oxygen atoms in total. The van der Waals surface area contributed by atoms with Crippen molar-refractivity contribution in [2.24, 2.45) is 7.05 Å². The highest BCUT2D eigenvalue weighted by Crippen LogP contribution is 2.32. The van der Waals surface area contributed by atoms with Crippen molar-refractivity contribution >= 4 is 23.5 Å². The highest BCUT2D eigenvalue weighted by atomic mass is 16.6. The number of aryl methyl sites for hydroxylation is 1. The SMILES string of the molecule is C=Cc1cnc2c(N)cc(-c3cnn(C)c3OC(C)CN(CC)C(=O)OC(C)(C)C)cn12. The van der Waals surface area contributed by atoms with Crippen LogP contribution in [0.15, 0.2) is 31.2 Å². The van der Waals surface area contributed by atoms with Crippen LogP contribution in [0.2, 0.25) is 0 Å². The molecule has 0 aliphatic carbocycles. The van der Waals surface area contributed by atoms with Crippen LogP contribution in [0, 0.1) is 0 Å². The number of nitrogen functional groups attached to an aromatic ring is 1. The number of fused-ring (bicyclic) bond motifs is 1. The van der Waals surface area contributed by atoms with E-state index in [1.807, 2.05) is 58.3 Å². The topological polar surface area (TPSA) is 99.9 Å². The van der Waals surface area contributed by atoms with Gasteiger partial charge in [0.1, 0.15) is 11.7 Å². The lowest BCUT2D eigenvalue weighted by molar-refractivity contribution is 0.0188. The Morgan fingerprint density at radius 1 is 1.38 bits per heavy atom. The molecule has 3 aromatic rings. The molecule has 1 atom stereocenters. The zero-order valence-corrected chi connectivity index (χ0v) is 19.6. The van der Waals surface area contributed by atoms with Gasteiger partial charge in [-0.25, -0.2) is 14.5 Å². The summed E-state index contributed by atoms with van der Waals surface area (Å²) in [6.45, 7) is 14.1. The van der Waals surface area contributed by atoms with E-state index in [-0.39, 0.29) is 12.2 Å². The van der Waals surface area contributed by atoms with Crippen molar-refractivity contribution < 1.29 is 14.3 Å². The second kappa shape index (κ2) is 8.94. The van der Waals surface area contributed by atoms with Crippen LogP contribution in [0.25, 0.3) is 22.9 Å². The molecule has 0 aromatic carbocycles. The highest BCUT2D eigenvalue weighted by molar-refractivity contribution is 5.77. The van der Waals surface area contributed by atoms with E-state index in [9.17, 15) is 4.79 Å². The van der Waals surface area contributed by atoms with Crippen molar-refractivity contribution in [1.82, 2.24) is 24.1 Å². The molecule has 3 heterocycles. The summed E-state index contributed by atoms with van der Waals surface area (Å²) in [5.74, 6) is 0.580. The van der Waals surface area contributed by atoms with Gasteiger partial charge in [0.05, 0.1) is 35.9 Å². The summed E-state index contributed by atoms with van der Waals surface area (Å²) in [5, 5.41) is 4.37. The second-order valence-corrected chi connectivity index (χ2v) is 8.70. The first-order chi connectivity index (χ1) is 15.0. The number of aromatic nitrogens is 4. The molecule has 9 heteroatoms. The lowest BCUT2D eigenvalue weighted by Crippen LogP contribution is -2.41. The maximum atomic E-state index is 12.5. The largest absolute Gasteiger partial charge is 0.472 e. The molecule has 0 saturated heterocycles. The van der Waals surface area contributed by atoms with Crippen LogP contribution >= 0.6 is 0 Å². The summed E-state index contributed by atoms with van der Waals surface area (Å²) >= 11 is 0. The molecular weight excluding hydrogens is 408 g/mol. The Kier molecular flexibility index (Phi) is 6.47. The van der Waals surface area contributed by atoms with Crippen molar-refractivity contribution in [3.63, 3.8) is 0 Å². The molecule has 32 heavy (non-hydrogen) atoms. The number of rotatable bonds is 7. The third kappa shape index (κ3) is 4.87. The van der Waals surface area contributed by atoms with E-state index < -0.39 is 5.60 Å². The summed E-state index contributed by atoms with van der Waals surface area (Å²) in [6, 6.07) is 1.85. The quantitative estimate of drug-likeness (QED) is 0.596. The Hall–Kier alpha value is -3.49. The van der Waals surface area contributed by atoms with Gasteiger partial charge in [0.15, 0.2) is 5.65 Å². The van der Waals surface area contributed by atoms with Crippen LogP contribution in [0.1, 0.15) is 40.3 Å². The van der Waals surface area contributed by atoms with Gasteiger partial charge in [-0.15, -0.1) is 0 Å². The van der Waals surface area contributed by atoms with E-state index in [4.69, 9.17) is 15.2 Å². The third-order valence-electron chi connectivity index (χ3n) is 4.89. The minimum atomic E-state index is -0.556. The predicted molar refractivity (Wildman–Crippen MR) is 125 cm³/mol. The average Bonchev–Trinajstić information content (AvgIpc) is 3.28. The van der Waals surface area contributed by atoms with Crippen molar-refractivity contribution in [2.45, 2.75) is 46.3 Å². The van der Waals surface area contributed by atoms with Crippen LogP contribution in [-0.2, 0) is 11.8 Å². The van der Waals surface area contributed by atoms with Gasteiger partial charge in [0.25, 0.3) is 0 Å². The van der Waals surface area contributed by atoms with Crippen molar-refractivity contribution in [1.29, 1.82) is 0 Å². The molecular formula is C23H32N6O3. The average molecular weight is 441 g/mol. The monoisotopic (exact) mass is 440 g/mol. The molecule has 0 aliphatic heterocycles. The predicted octanol–water partition coefficient (Wildman–Crippen LogP) is 3.98. The van der Waals surface area contributed by atoms with Crippen LogP contribution in [0.3, 0.4) is 0 Å². The number of ether oxygens (including phenoxy) is 2. The van der Waals surface area contributed by atoms with E-state index >= 15 is 0 Å². The van der Waals surface area contributed by atoms with Gasteiger partial charge in [-0.2, -0.15) is 5.10 Å². The molecule has 3 rings (SSSR count). The molecule has 0 aliphatic rings. The van der Waals surface area contributed by atoms with E-state index in [2.05, 4.69) is 16.7 Å². The molecule has 0 fully saturated rings. The van der Waals surface area contributed by atoms with E-state index in [1.165, 1.54) is 0 Å². The molecule has 1 amide bonds. The molecule has 1 unspecified atom stereocenters. The fraction of sp³-hybridized carbons (Fsp3) is 0.435. The molecule has 2 N–H and O–H groups in total. The first kappa shape index (κ1) is 23.2. The Morgan fingerprint density at radius 2 is 2.09 bits per heavy atom. The number of pyridine rings is 1. The third-order valence-corrected chi connectivity index (χ3v) is 4.89. The molecule has 3 aromatic heterocycles. The zero-order valence-electron chi connectivity index (χ0n) is 19.6. The summed E-state index contributed by atoms with van der Waals surface area (Å²) < 4.78 is 15.3. The van der Waals surface area contributed by atoms with Gasteiger partial charge >= 0.3 is 6.09 Å². The number of carbonyl (C=O) groups excluding carboxylic acids is 1. The molecule has 0 bridgehead atoms. The number of nitrogens with zero attached hydrogens (tertiary/aromatic N) is 5. The number of nitrogens with two attached hydrogens (primary N) is 1. The number of carbonyl (C=O) groups is 1. The number of hydrogen-bond donors (Lipinski definition) is 1. The van der Waals surface area contributed by atoms with Crippen LogP contribution in [-0.4, -0.2) is 55.0 Å². The smallest absolute Gasteiger partial charge is 0.410 e. The van der Waals surface area contributed by atoms with E-state index in [0.29, 0.717) is 30.3 Å². The van der Waals surface area contributed by atoms with Gasteiger partial charge < -0.3 is 20.1 Å². The van der Waals surface area contributed by atoms with Crippen molar-refractivity contribution in [2.75, 3.05) is 18.8 Å². The Balaban J connectivity index is 1.85. The molecule has 0 saturated carbocycles. The van der Waals surface area contributed by atoms with Crippen molar-refractivity contribution in [3.05, 3.63) is 36.9 Å².